The van der Waals surface area contributed by atoms with E-state index in [1.165, 1.54) is 0 Å². The summed E-state index contributed by atoms with van der Waals surface area (Å²) in [6, 6.07) is 9.42. The van der Waals surface area contributed by atoms with E-state index in [1.807, 2.05) is 37.3 Å². The summed E-state index contributed by atoms with van der Waals surface area (Å²) >= 11 is 5.82. The molecule has 3 nitrogen and oxygen atoms in total. The number of anilines is 1. The van der Waals surface area contributed by atoms with Gasteiger partial charge in [0.05, 0.1) is 12.6 Å². The molecule has 1 aromatic rings. The highest BCUT2D eigenvalue weighted by Crippen LogP contribution is 2.62. The molecule has 1 heterocycles. The van der Waals surface area contributed by atoms with Gasteiger partial charge in [-0.15, -0.1) is 0 Å². The van der Waals surface area contributed by atoms with Gasteiger partial charge in [-0.1, -0.05) is 18.2 Å². The Morgan fingerprint density at radius 2 is 2.14 bits per heavy atom. The van der Waals surface area contributed by atoms with Gasteiger partial charge in [-0.05, 0) is 30.3 Å². The maximum absolute atomic E-state index is 11.8. The molecule has 1 fully saturated rings. The first-order chi connectivity index (χ1) is 6.59. The summed E-state index contributed by atoms with van der Waals surface area (Å²) in [6.07, 6.45) is -0.0847. The van der Waals surface area contributed by atoms with Gasteiger partial charge in [-0.2, -0.15) is 0 Å². The number of hydrogen-bond acceptors (Lipinski definition) is 2. The van der Waals surface area contributed by atoms with E-state index in [0.29, 0.717) is 6.54 Å². The highest BCUT2D eigenvalue weighted by molar-refractivity contribution is 7.86. The molecule has 0 saturated carbocycles. The SMILES string of the molecule is C[C@H]1CN(c2ccccc2)[P@@](=O)(Cl)O1. The molecular formula is C9H11ClNO2P. The van der Waals surface area contributed by atoms with E-state index in [-0.39, 0.29) is 6.10 Å². The number of benzene rings is 1. The van der Waals surface area contributed by atoms with Gasteiger partial charge in [0.25, 0.3) is 0 Å². The van der Waals surface area contributed by atoms with Crippen LogP contribution in [0.2, 0.25) is 0 Å². The minimum absolute atomic E-state index is 0.0847. The monoisotopic (exact) mass is 231 g/mol. The lowest BCUT2D eigenvalue weighted by molar-refractivity contribution is 0.272. The van der Waals surface area contributed by atoms with Crippen LogP contribution >= 0.6 is 18.1 Å². The topological polar surface area (TPSA) is 29.5 Å². The van der Waals surface area contributed by atoms with E-state index in [0.717, 1.165) is 5.69 Å². The molecule has 1 saturated heterocycles. The average Bonchev–Trinajstić information content (AvgIpc) is 2.41. The predicted octanol–water partition coefficient (Wildman–Crippen LogP) is 3.26. The highest BCUT2D eigenvalue weighted by Gasteiger charge is 2.39. The molecule has 0 N–H and O–H groups in total. The third-order valence-electron chi connectivity index (χ3n) is 2.08. The normalized spacial score (nSPS) is 32.1. The minimum Gasteiger partial charge on any atom is -0.297 e. The lowest BCUT2D eigenvalue weighted by Crippen LogP contribution is -2.16. The number of halogens is 1. The van der Waals surface area contributed by atoms with Gasteiger partial charge in [0.1, 0.15) is 0 Å². The Bertz CT molecular complexity index is 370. The van der Waals surface area contributed by atoms with Crippen LogP contribution in [-0.4, -0.2) is 12.6 Å². The zero-order chi connectivity index (χ0) is 10.2. The van der Waals surface area contributed by atoms with Crippen LogP contribution < -0.4 is 4.67 Å². The lowest BCUT2D eigenvalue weighted by Gasteiger charge is -2.18. The second-order valence-corrected chi connectivity index (χ2v) is 6.16. The van der Waals surface area contributed by atoms with Crippen molar-refractivity contribution in [1.29, 1.82) is 0 Å². The standard InChI is InChI=1S/C9H11ClNO2P/c1-8-7-11(14(10,12)13-8)9-5-3-2-4-6-9/h2-6,8H,7H2,1H3/t8-,14+/m0/s1. The van der Waals surface area contributed by atoms with Crippen LogP contribution in [0.5, 0.6) is 0 Å². The first-order valence-corrected chi connectivity index (χ1v) is 6.89. The molecule has 1 aromatic carbocycles. The predicted molar refractivity (Wildman–Crippen MR) is 57.8 cm³/mol. The number of nitrogens with zero attached hydrogens (tertiary/aromatic N) is 1. The molecule has 1 aliphatic rings. The molecule has 14 heavy (non-hydrogen) atoms. The smallest absolute Gasteiger partial charge is 0.297 e. The number of rotatable bonds is 1. The first-order valence-electron chi connectivity index (χ1n) is 4.41. The van der Waals surface area contributed by atoms with Gasteiger partial charge in [-0.3, -0.25) is 9.19 Å². The molecule has 2 atom stereocenters. The largest absolute Gasteiger partial charge is 0.388 e. The summed E-state index contributed by atoms with van der Waals surface area (Å²) in [5.74, 6) is 0. The summed E-state index contributed by atoms with van der Waals surface area (Å²) < 4.78 is 18.6. The molecule has 0 unspecified atom stereocenters. The van der Waals surface area contributed by atoms with Crippen LogP contribution in [0.25, 0.3) is 0 Å². The Morgan fingerprint density at radius 1 is 1.50 bits per heavy atom. The summed E-state index contributed by atoms with van der Waals surface area (Å²) in [4.78, 5) is 0. The Balaban J connectivity index is 2.32. The van der Waals surface area contributed by atoms with Crippen LogP contribution in [0.1, 0.15) is 6.92 Å². The molecule has 5 heteroatoms. The van der Waals surface area contributed by atoms with Crippen LogP contribution in [0.4, 0.5) is 5.69 Å². The molecule has 0 aromatic heterocycles. The lowest BCUT2D eigenvalue weighted by atomic mass is 10.3. The summed E-state index contributed by atoms with van der Waals surface area (Å²) in [7, 11) is 0. The maximum Gasteiger partial charge on any atom is 0.388 e. The molecule has 0 radical (unpaired) electrons. The molecule has 76 valence electrons. The summed E-state index contributed by atoms with van der Waals surface area (Å²) in [6.45, 7) is -0.693. The van der Waals surface area contributed by atoms with Crippen molar-refractivity contribution in [3.63, 3.8) is 0 Å². The number of hydrogen-bond donors (Lipinski definition) is 0. The molecule has 2 rings (SSSR count). The summed E-state index contributed by atoms with van der Waals surface area (Å²) in [5.41, 5.74) is 0.843. The Hall–Kier alpha value is -0.500. The second kappa shape index (κ2) is 3.58. The van der Waals surface area contributed by atoms with Crippen LogP contribution in [0, 0.1) is 0 Å². The van der Waals surface area contributed by atoms with Crippen molar-refractivity contribution in [3.05, 3.63) is 30.3 Å². The third-order valence-corrected chi connectivity index (χ3v) is 4.46. The van der Waals surface area contributed by atoms with Crippen molar-refractivity contribution < 1.29 is 9.09 Å². The Labute approximate surface area is 87.9 Å². The van der Waals surface area contributed by atoms with Gasteiger partial charge in [0.15, 0.2) is 0 Å². The van der Waals surface area contributed by atoms with E-state index < -0.39 is 6.87 Å². The van der Waals surface area contributed by atoms with Gasteiger partial charge in [0, 0.05) is 5.69 Å². The van der Waals surface area contributed by atoms with E-state index in [9.17, 15) is 4.57 Å². The van der Waals surface area contributed by atoms with Gasteiger partial charge >= 0.3 is 6.87 Å². The fraction of sp³-hybridized carbons (Fsp3) is 0.333. The minimum atomic E-state index is -3.13. The van der Waals surface area contributed by atoms with Crippen molar-refractivity contribution in [2.45, 2.75) is 13.0 Å². The van der Waals surface area contributed by atoms with Crippen LogP contribution in [0.3, 0.4) is 0 Å². The molecule has 1 aliphatic heterocycles. The van der Waals surface area contributed by atoms with E-state index in [1.54, 1.807) is 4.67 Å². The fourth-order valence-electron chi connectivity index (χ4n) is 1.50. The average molecular weight is 232 g/mol. The highest BCUT2D eigenvalue weighted by atomic mass is 35.7. The van der Waals surface area contributed by atoms with Crippen LogP contribution in [-0.2, 0) is 9.09 Å². The van der Waals surface area contributed by atoms with Crippen molar-refractivity contribution in [3.8, 4) is 0 Å². The fourth-order valence-corrected chi connectivity index (χ4v) is 3.81. The van der Waals surface area contributed by atoms with E-state index in [2.05, 4.69) is 0 Å². The van der Waals surface area contributed by atoms with E-state index in [4.69, 9.17) is 15.8 Å². The third kappa shape index (κ3) is 1.81. The maximum atomic E-state index is 11.8. The quantitative estimate of drug-likeness (QED) is 0.695. The zero-order valence-electron chi connectivity index (χ0n) is 7.76. The van der Waals surface area contributed by atoms with Crippen molar-refractivity contribution >= 4 is 23.8 Å². The molecular weight excluding hydrogens is 221 g/mol. The van der Waals surface area contributed by atoms with Gasteiger partial charge in [-0.25, -0.2) is 4.57 Å². The first kappa shape index (κ1) is 10.0. The van der Waals surface area contributed by atoms with Crippen molar-refractivity contribution in [2.75, 3.05) is 11.2 Å². The second-order valence-electron chi connectivity index (χ2n) is 3.29. The molecule has 0 bridgehead atoms. The summed E-state index contributed by atoms with van der Waals surface area (Å²) in [5, 5.41) is 0. The Kier molecular flexibility index (Phi) is 2.56. The van der Waals surface area contributed by atoms with Gasteiger partial charge < -0.3 is 0 Å². The molecule has 0 amide bonds. The zero-order valence-corrected chi connectivity index (χ0v) is 9.41. The Morgan fingerprint density at radius 3 is 2.64 bits per heavy atom. The molecule has 0 aliphatic carbocycles. The van der Waals surface area contributed by atoms with Crippen LogP contribution in [0.15, 0.2) is 30.3 Å². The number of para-hydroxylation sites is 1. The van der Waals surface area contributed by atoms with Gasteiger partial charge in [0.2, 0.25) is 0 Å². The van der Waals surface area contributed by atoms with Crippen molar-refractivity contribution in [2.24, 2.45) is 0 Å². The van der Waals surface area contributed by atoms with Crippen molar-refractivity contribution in [1.82, 2.24) is 0 Å². The van der Waals surface area contributed by atoms with E-state index >= 15 is 0 Å². The molecule has 0 spiro atoms.